The van der Waals surface area contributed by atoms with Crippen LogP contribution in [0.1, 0.15) is 30.5 Å². The SMILES string of the molecule is C=CCc1cc(/C=C(/C#N)C(=O)Nc2ccc(C)cc2)cc(OCC)c1OCC(=O)OCC. The summed E-state index contributed by atoms with van der Waals surface area (Å²) in [6.45, 7) is 9.59. The van der Waals surface area contributed by atoms with Crippen molar-refractivity contribution in [3.05, 3.63) is 71.3 Å². The molecule has 0 aromatic heterocycles. The molecule has 0 aliphatic carbocycles. The standard InChI is InChI=1S/C26H28N2O5/c1-5-8-20-13-19(15-23(31-6-2)25(20)33-17-24(29)32-7-3)14-21(16-27)26(30)28-22-11-9-18(4)10-12-22/h5,9-15H,1,6-8,17H2,2-4H3,(H,28,30)/b21-14-. The van der Waals surface area contributed by atoms with Gasteiger partial charge in [0.05, 0.1) is 13.2 Å². The summed E-state index contributed by atoms with van der Waals surface area (Å²) in [5, 5.41) is 12.3. The van der Waals surface area contributed by atoms with Crippen LogP contribution in [0.5, 0.6) is 11.5 Å². The molecule has 7 heteroatoms. The highest BCUT2D eigenvalue weighted by atomic mass is 16.6. The summed E-state index contributed by atoms with van der Waals surface area (Å²) in [5.74, 6) is -0.228. The highest BCUT2D eigenvalue weighted by Gasteiger charge is 2.16. The van der Waals surface area contributed by atoms with Gasteiger partial charge >= 0.3 is 5.97 Å². The molecule has 2 rings (SSSR count). The van der Waals surface area contributed by atoms with Crippen molar-refractivity contribution in [2.24, 2.45) is 0 Å². The van der Waals surface area contributed by atoms with Crippen molar-refractivity contribution in [2.75, 3.05) is 25.1 Å². The first-order valence-corrected chi connectivity index (χ1v) is 10.6. The summed E-state index contributed by atoms with van der Waals surface area (Å²) in [7, 11) is 0. The molecule has 7 nitrogen and oxygen atoms in total. The van der Waals surface area contributed by atoms with Crippen LogP contribution in [-0.4, -0.2) is 31.7 Å². The Labute approximate surface area is 194 Å². The van der Waals surface area contributed by atoms with Crippen LogP contribution in [0.4, 0.5) is 5.69 Å². The molecule has 33 heavy (non-hydrogen) atoms. The fraction of sp³-hybridized carbons (Fsp3) is 0.269. The van der Waals surface area contributed by atoms with E-state index in [0.717, 1.165) is 5.56 Å². The molecular formula is C26H28N2O5. The molecule has 0 atom stereocenters. The van der Waals surface area contributed by atoms with Crippen LogP contribution < -0.4 is 14.8 Å². The smallest absolute Gasteiger partial charge is 0.344 e. The van der Waals surface area contributed by atoms with E-state index in [1.807, 2.05) is 32.0 Å². The highest BCUT2D eigenvalue weighted by molar-refractivity contribution is 6.09. The fourth-order valence-electron chi connectivity index (χ4n) is 2.98. The molecule has 0 fully saturated rings. The number of aryl methyl sites for hydroxylation is 1. The number of allylic oxidation sites excluding steroid dienone is 1. The zero-order valence-electron chi connectivity index (χ0n) is 19.1. The minimum Gasteiger partial charge on any atom is -0.490 e. The number of esters is 1. The minimum absolute atomic E-state index is 0.0669. The summed E-state index contributed by atoms with van der Waals surface area (Å²) in [5.41, 5.74) is 2.87. The molecule has 2 aromatic rings. The Balaban J connectivity index is 2.38. The van der Waals surface area contributed by atoms with Gasteiger partial charge in [-0.05, 0) is 63.1 Å². The minimum atomic E-state index is -0.521. The van der Waals surface area contributed by atoms with Gasteiger partial charge < -0.3 is 19.5 Å². The van der Waals surface area contributed by atoms with Gasteiger partial charge in [-0.15, -0.1) is 6.58 Å². The van der Waals surface area contributed by atoms with Crippen molar-refractivity contribution in [1.29, 1.82) is 5.26 Å². The lowest BCUT2D eigenvalue weighted by molar-refractivity contribution is -0.145. The molecule has 0 unspecified atom stereocenters. The van der Waals surface area contributed by atoms with Crippen molar-refractivity contribution in [3.63, 3.8) is 0 Å². The number of nitriles is 1. The van der Waals surface area contributed by atoms with Gasteiger partial charge in [-0.1, -0.05) is 23.8 Å². The van der Waals surface area contributed by atoms with Gasteiger partial charge in [0.25, 0.3) is 5.91 Å². The first kappa shape index (κ1) is 25.2. The van der Waals surface area contributed by atoms with Crippen LogP contribution in [-0.2, 0) is 20.7 Å². The molecule has 0 heterocycles. The lowest BCUT2D eigenvalue weighted by atomic mass is 10.0. The first-order valence-electron chi connectivity index (χ1n) is 10.6. The number of benzene rings is 2. The summed E-state index contributed by atoms with van der Waals surface area (Å²) < 4.78 is 16.3. The molecule has 1 N–H and O–H groups in total. The average molecular weight is 449 g/mol. The van der Waals surface area contributed by atoms with Crippen molar-refractivity contribution in [3.8, 4) is 17.6 Å². The highest BCUT2D eigenvalue weighted by Crippen LogP contribution is 2.35. The Hall–Kier alpha value is -4.05. The maximum atomic E-state index is 12.6. The predicted molar refractivity (Wildman–Crippen MR) is 127 cm³/mol. The van der Waals surface area contributed by atoms with Crippen molar-refractivity contribution in [2.45, 2.75) is 27.2 Å². The lowest BCUT2D eigenvalue weighted by Crippen LogP contribution is -2.16. The number of nitrogens with zero attached hydrogens (tertiary/aromatic N) is 1. The normalized spacial score (nSPS) is 10.7. The molecule has 2 aromatic carbocycles. The maximum absolute atomic E-state index is 12.6. The maximum Gasteiger partial charge on any atom is 0.344 e. The molecule has 0 bridgehead atoms. The van der Waals surface area contributed by atoms with Crippen LogP contribution in [0.3, 0.4) is 0 Å². The third-order valence-corrected chi connectivity index (χ3v) is 4.44. The van der Waals surface area contributed by atoms with E-state index in [4.69, 9.17) is 14.2 Å². The molecule has 0 radical (unpaired) electrons. The monoisotopic (exact) mass is 448 g/mol. The molecular weight excluding hydrogens is 420 g/mol. The Kier molecular flexibility index (Phi) is 9.72. The molecule has 0 aliphatic rings. The Morgan fingerprint density at radius 2 is 1.85 bits per heavy atom. The van der Waals surface area contributed by atoms with Gasteiger partial charge in [0.2, 0.25) is 0 Å². The molecule has 1 amide bonds. The Morgan fingerprint density at radius 3 is 2.45 bits per heavy atom. The number of carbonyl (C=O) groups excluding carboxylic acids is 2. The quantitative estimate of drug-likeness (QED) is 0.233. The number of hydrogen-bond acceptors (Lipinski definition) is 6. The van der Waals surface area contributed by atoms with E-state index in [-0.39, 0.29) is 18.8 Å². The molecule has 0 saturated heterocycles. The van der Waals surface area contributed by atoms with E-state index in [9.17, 15) is 14.9 Å². The van der Waals surface area contributed by atoms with Crippen molar-refractivity contribution in [1.82, 2.24) is 0 Å². The number of hydrogen-bond donors (Lipinski definition) is 1. The summed E-state index contributed by atoms with van der Waals surface area (Å²) in [6, 6.07) is 12.7. The molecule has 0 spiro atoms. The van der Waals surface area contributed by atoms with Gasteiger partial charge in [-0.25, -0.2) is 4.79 Å². The van der Waals surface area contributed by atoms with E-state index < -0.39 is 11.9 Å². The predicted octanol–water partition coefficient (Wildman–Crippen LogP) is 4.61. The van der Waals surface area contributed by atoms with Gasteiger partial charge in [0, 0.05) is 11.3 Å². The van der Waals surface area contributed by atoms with Gasteiger partial charge in [-0.2, -0.15) is 5.26 Å². The third kappa shape index (κ3) is 7.54. The van der Waals surface area contributed by atoms with Crippen LogP contribution in [0, 0.1) is 18.3 Å². The average Bonchev–Trinajstić information content (AvgIpc) is 2.79. The molecule has 172 valence electrons. The largest absolute Gasteiger partial charge is 0.490 e. The Morgan fingerprint density at radius 1 is 1.12 bits per heavy atom. The zero-order chi connectivity index (χ0) is 24.2. The van der Waals surface area contributed by atoms with Gasteiger partial charge in [0.15, 0.2) is 18.1 Å². The number of ether oxygens (including phenoxy) is 3. The number of rotatable bonds is 11. The molecule has 0 saturated carbocycles. The van der Waals surface area contributed by atoms with E-state index in [0.29, 0.717) is 41.3 Å². The molecule has 0 aliphatic heterocycles. The van der Waals surface area contributed by atoms with Crippen LogP contribution in [0.15, 0.2) is 54.6 Å². The van der Waals surface area contributed by atoms with Gasteiger partial charge in [-0.3, -0.25) is 4.79 Å². The summed E-state index contributed by atoms with van der Waals surface area (Å²) >= 11 is 0. The van der Waals surface area contributed by atoms with Crippen LogP contribution in [0.25, 0.3) is 6.08 Å². The number of nitrogens with one attached hydrogen (secondary N) is 1. The first-order chi connectivity index (χ1) is 15.9. The number of amides is 1. The summed E-state index contributed by atoms with van der Waals surface area (Å²) in [6.07, 6.45) is 3.59. The number of carbonyl (C=O) groups is 2. The second kappa shape index (κ2) is 12.7. The van der Waals surface area contributed by atoms with Crippen molar-refractivity contribution >= 4 is 23.6 Å². The topological polar surface area (TPSA) is 97.7 Å². The third-order valence-electron chi connectivity index (χ3n) is 4.44. The van der Waals surface area contributed by atoms with E-state index in [1.54, 1.807) is 37.3 Å². The zero-order valence-corrected chi connectivity index (χ0v) is 19.1. The Bertz CT molecular complexity index is 1070. The van der Waals surface area contributed by atoms with E-state index >= 15 is 0 Å². The van der Waals surface area contributed by atoms with Crippen LogP contribution in [0.2, 0.25) is 0 Å². The van der Waals surface area contributed by atoms with Crippen molar-refractivity contribution < 1.29 is 23.8 Å². The second-order valence-electron chi connectivity index (χ2n) is 7.02. The second-order valence-corrected chi connectivity index (χ2v) is 7.02. The van der Waals surface area contributed by atoms with Crippen LogP contribution >= 0.6 is 0 Å². The lowest BCUT2D eigenvalue weighted by Gasteiger charge is -2.16. The van der Waals surface area contributed by atoms with Gasteiger partial charge in [0.1, 0.15) is 11.6 Å². The summed E-state index contributed by atoms with van der Waals surface area (Å²) in [4.78, 5) is 24.4. The fourth-order valence-corrected chi connectivity index (χ4v) is 2.98. The van der Waals surface area contributed by atoms with E-state index in [2.05, 4.69) is 11.9 Å². The van der Waals surface area contributed by atoms with E-state index in [1.165, 1.54) is 6.08 Å². The number of anilines is 1.